The molecule has 236 valence electrons. The summed E-state index contributed by atoms with van der Waals surface area (Å²) < 4.78 is 0. The SMILES string of the molecule is Cc1cc2c(-c3ccccc3)cccc2[cH-]1.Cc1ccccc1P[c-]1ccc2ccccc21.[Hf].c1ccc(CCc2ccccc2)cc1. The number of hydrogen-bond donors (Lipinski definition) is 0. The zero-order valence-electron chi connectivity index (χ0n) is 27.7. The number of fused-ring (bicyclic) bond motifs is 2. The van der Waals surface area contributed by atoms with Crippen LogP contribution < -0.4 is 10.6 Å². The van der Waals surface area contributed by atoms with Crippen LogP contribution in [0.3, 0.4) is 0 Å². The second kappa shape index (κ2) is 17.8. The summed E-state index contributed by atoms with van der Waals surface area (Å²) in [4.78, 5) is 0. The topological polar surface area (TPSA) is 0 Å². The molecule has 8 aromatic rings. The third kappa shape index (κ3) is 9.47. The minimum absolute atomic E-state index is 0. The Hall–Kier alpha value is -4.16. The molecule has 0 nitrogen and oxygen atoms in total. The molecule has 0 saturated carbocycles. The minimum atomic E-state index is 0. The molecule has 0 fully saturated rings. The van der Waals surface area contributed by atoms with E-state index in [1.165, 1.54) is 65.5 Å². The van der Waals surface area contributed by atoms with Crippen LogP contribution in [-0.2, 0) is 38.7 Å². The van der Waals surface area contributed by atoms with Gasteiger partial charge in [-0.2, -0.15) is 12.1 Å². The average molecular weight is 803 g/mol. The first-order valence-corrected chi connectivity index (χ1v) is 17.4. The molecule has 1 unspecified atom stereocenters. The van der Waals surface area contributed by atoms with Gasteiger partial charge in [-0.15, -0.1) is 83.5 Å². The summed E-state index contributed by atoms with van der Waals surface area (Å²) in [5, 5.41) is 8.33. The third-order valence-corrected chi connectivity index (χ3v) is 10.00. The summed E-state index contributed by atoms with van der Waals surface area (Å²) in [6.07, 6.45) is 2.26. The first kappa shape index (κ1) is 35.2. The number of hydrogen-bond acceptors (Lipinski definition) is 0. The molecule has 0 amide bonds. The molecule has 0 spiro atoms. The summed E-state index contributed by atoms with van der Waals surface area (Å²) >= 11 is 0. The van der Waals surface area contributed by atoms with Crippen LogP contribution in [0.2, 0.25) is 0 Å². The molecule has 8 rings (SSSR count). The standard InChI is InChI=1S/C16H14P.C16H13.C14H14.Hf/c1-12-6-2-5-9-15(12)17-16-11-10-13-7-3-4-8-14(13)16;1-12-10-14-8-5-9-15(16(14)11-12)13-6-3-2-4-7-13;1-3-7-13(8-4-1)11-12-14-9-5-2-6-10-14;/h2-11,17H,1H3;2-11H,1H3;1-10H,11-12H2;/q2*-1;;. The summed E-state index contributed by atoms with van der Waals surface area (Å²) in [5.41, 5.74) is 8.16. The monoisotopic (exact) mass is 804 g/mol. The zero-order chi connectivity index (χ0) is 32.3. The Bertz CT molecular complexity index is 2080. The molecular formula is C46H41HfP-2. The zero-order valence-corrected chi connectivity index (χ0v) is 32.3. The predicted octanol–water partition coefficient (Wildman–Crippen LogP) is 11.5. The minimum Gasteiger partial charge on any atom is -0.168 e. The average Bonchev–Trinajstić information content (AvgIpc) is 3.72. The fourth-order valence-corrected chi connectivity index (χ4v) is 7.23. The van der Waals surface area contributed by atoms with E-state index in [1.807, 2.05) is 0 Å². The van der Waals surface area contributed by atoms with Crippen molar-refractivity contribution >= 4 is 40.7 Å². The van der Waals surface area contributed by atoms with Crippen molar-refractivity contribution in [3.63, 3.8) is 0 Å². The first-order chi connectivity index (χ1) is 23.1. The van der Waals surface area contributed by atoms with Crippen molar-refractivity contribution < 1.29 is 25.8 Å². The van der Waals surface area contributed by atoms with Gasteiger partial charge in [0.2, 0.25) is 0 Å². The van der Waals surface area contributed by atoms with Crippen LogP contribution in [-0.4, -0.2) is 0 Å². The molecule has 48 heavy (non-hydrogen) atoms. The molecule has 0 aromatic heterocycles. The van der Waals surface area contributed by atoms with Crippen molar-refractivity contribution in [1.29, 1.82) is 0 Å². The molecule has 0 saturated heterocycles. The fraction of sp³-hybridized carbons (Fsp3) is 0.0870. The second-order valence-corrected chi connectivity index (χ2v) is 13.3. The predicted molar refractivity (Wildman–Crippen MR) is 208 cm³/mol. The number of benzene rings is 6. The van der Waals surface area contributed by atoms with Gasteiger partial charge in [-0.05, 0) is 47.3 Å². The Morgan fingerprint density at radius 2 is 1.15 bits per heavy atom. The Labute approximate surface area is 306 Å². The maximum absolute atomic E-state index is 2.26. The number of aryl methyl sites for hydroxylation is 4. The third-order valence-electron chi connectivity index (χ3n) is 8.46. The quantitative estimate of drug-likeness (QED) is 0.0892. The van der Waals surface area contributed by atoms with Crippen molar-refractivity contribution in [3.05, 3.63) is 204 Å². The Morgan fingerprint density at radius 3 is 1.81 bits per heavy atom. The van der Waals surface area contributed by atoms with E-state index in [2.05, 4.69) is 196 Å². The van der Waals surface area contributed by atoms with Crippen LogP contribution in [0.15, 0.2) is 182 Å². The van der Waals surface area contributed by atoms with Crippen LogP contribution in [0, 0.1) is 13.8 Å². The van der Waals surface area contributed by atoms with E-state index in [4.69, 9.17) is 0 Å². The first-order valence-electron chi connectivity index (χ1n) is 16.4. The summed E-state index contributed by atoms with van der Waals surface area (Å²) in [6, 6.07) is 64.5. The van der Waals surface area contributed by atoms with Gasteiger partial charge in [0.25, 0.3) is 0 Å². The van der Waals surface area contributed by atoms with E-state index in [1.54, 1.807) is 0 Å². The van der Waals surface area contributed by atoms with E-state index in [9.17, 15) is 0 Å². The van der Waals surface area contributed by atoms with Crippen LogP contribution >= 0.6 is 8.58 Å². The fourth-order valence-electron chi connectivity index (χ4n) is 5.95. The van der Waals surface area contributed by atoms with E-state index in [0.717, 1.165) is 21.4 Å². The second-order valence-electron chi connectivity index (χ2n) is 12.0. The smallest absolute Gasteiger partial charge is 0 e. The Morgan fingerprint density at radius 1 is 0.562 bits per heavy atom. The van der Waals surface area contributed by atoms with Crippen LogP contribution in [0.5, 0.6) is 0 Å². The van der Waals surface area contributed by atoms with Gasteiger partial charge in [-0.3, -0.25) is 0 Å². The molecule has 0 aliphatic heterocycles. The van der Waals surface area contributed by atoms with Crippen LogP contribution in [0.4, 0.5) is 0 Å². The summed E-state index contributed by atoms with van der Waals surface area (Å²) in [7, 11) is 0.754. The van der Waals surface area contributed by atoms with Gasteiger partial charge in [0.15, 0.2) is 0 Å². The summed E-state index contributed by atoms with van der Waals surface area (Å²) in [6.45, 7) is 4.34. The molecule has 0 aliphatic rings. The normalized spacial score (nSPS) is 10.6. The van der Waals surface area contributed by atoms with Crippen molar-refractivity contribution in [2.24, 2.45) is 0 Å². The van der Waals surface area contributed by atoms with Gasteiger partial charge >= 0.3 is 0 Å². The Kier molecular flexibility index (Phi) is 13.1. The van der Waals surface area contributed by atoms with Gasteiger partial charge in [-0.1, -0.05) is 140 Å². The molecule has 8 aromatic carbocycles. The summed E-state index contributed by atoms with van der Waals surface area (Å²) in [5.74, 6) is 0. The number of rotatable bonds is 6. The molecule has 0 aliphatic carbocycles. The molecule has 0 bridgehead atoms. The van der Waals surface area contributed by atoms with Crippen molar-refractivity contribution in [1.82, 2.24) is 0 Å². The van der Waals surface area contributed by atoms with Crippen molar-refractivity contribution in [2.45, 2.75) is 26.7 Å². The maximum atomic E-state index is 2.26. The van der Waals surface area contributed by atoms with Gasteiger partial charge < -0.3 is 0 Å². The van der Waals surface area contributed by atoms with Crippen LogP contribution in [0.1, 0.15) is 22.3 Å². The molecule has 0 radical (unpaired) electrons. The van der Waals surface area contributed by atoms with E-state index in [0.29, 0.717) is 0 Å². The van der Waals surface area contributed by atoms with Gasteiger partial charge in [0, 0.05) is 25.8 Å². The molecule has 0 N–H and O–H groups in total. The van der Waals surface area contributed by atoms with E-state index >= 15 is 0 Å². The van der Waals surface area contributed by atoms with Crippen molar-refractivity contribution in [3.8, 4) is 11.1 Å². The molecular weight excluding hydrogens is 762 g/mol. The van der Waals surface area contributed by atoms with E-state index < -0.39 is 0 Å². The van der Waals surface area contributed by atoms with Gasteiger partial charge in [-0.25, -0.2) is 0 Å². The maximum Gasteiger partial charge on any atom is 0 e. The largest absolute Gasteiger partial charge is 0.168 e. The molecule has 1 atom stereocenters. The van der Waals surface area contributed by atoms with Gasteiger partial charge in [0.1, 0.15) is 0 Å². The van der Waals surface area contributed by atoms with Gasteiger partial charge in [0.05, 0.1) is 0 Å². The van der Waals surface area contributed by atoms with Crippen molar-refractivity contribution in [2.75, 3.05) is 0 Å². The Balaban J connectivity index is 0.000000140. The van der Waals surface area contributed by atoms with Crippen LogP contribution in [0.25, 0.3) is 32.7 Å². The van der Waals surface area contributed by atoms with E-state index in [-0.39, 0.29) is 25.8 Å². The molecule has 2 heteroatoms. The molecule has 0 heterocycles.